The van der Waals surface area contributed by atoms with Gasteiger partial charge in [0.1, 0.15) is 0 Å². The van der Waals surface area contributed by atoms with Crippen LogP contribution >= 0.6 is 0 Å². The zero-order chi connectivity index (χ0) is 20.1. The van der Waals surface area contributed by atoms with Gasteiger partial charge in [-0.05, 0) is 85.0 Å². The summed E-state index contributed by atoms with van der Waals surface area (Å²) in [6, 6.07) is 10.6. The smallest absolute Gasteiger partial charge is 0.306 e. The van der Waals surface area contributed by atoms with E-state index in [4.69, 9.17) is 9.47 Å². The number of fused-ring (bicyclic) bond motifs is 5. The summed E-state index contributed by atoms with van der Waals surface area (Å²) in [5.74, 6) is 2.89. The number of rotatable bonds is 3. The fraction of sp³-hybridized carbons (Fsp3) is 0.731. The summed E-state index contributed by atoms with van der Waals surface area (Å²) in [5.41, 5.74) is 1.87. The van der Waals surface area contributed by atoms with Gasteiger partial charge in [-0.1, -0.05) is 44.2 Å². The van der Waals surface area contributed by atoms with E-state index in [0.29, 0.717) is 30.5 Å². The van der Waals surface area contributed by atoms with Gasteiger partial charge in [0.25, 0.3) is 0 Å². The number of hydrogen-bond acceptors (Lipinski definition) is 3. The molecule has 4 aliphatic rings. The molecule has 3 nitrogen and oxygen atoms in total. The number of ether oxygens (including phenoxy) is 2. The summed E-state index contributed by atoms with van der Waals surface area (Å²) in [6.45, 7) is 6.36. The van der Waals surface area contributed by atoms with E-state index < -0.39 is 0 Å². The largest absolute Gasteiger partial charge is 0.466 e. The first-order valence-corrected chi connectivity index (χ1v) is 11.8. The third kappa shape index (κ3) is 3.24. The molecular weight excluding hydrogens is 360 g/mol. The van der Waals surface area contributed by atoms with E-state index in [2.05, 4.69) is 44.2 Å². The van der Waals surface area contributed by atoms with Crippen LogP contribution in [0.3, 0.4) is 0 Å². The number of benzene rings is 1. The fourth-order valence-corrected chi connectivity index (χ4v) is 7.90. The Morgan fingerprint density at radius 1 is 0.966 bits per heavy atom. The van der Waals surface area contributed by atoms with Gasteiger partial charge in [0.2, 0.25) is 0 Å². The third-order valence-corrected chi connectivity index (χ3v) is 9.59. The van der Waals surface area contributed by atoms with Crippen molar-refractivity contribution < 1.29 is 14.3 Å². The Labute approximate surface area is 175 Å². The zero-order valence-corrected chi connectivity index (χ0v) is 18.1. The van der Waals surface area contributed by atoms with Crippen molar-refractivity contribution in [1.82, 2.24) is 0 Å². The quantitative estimate of drug-likeness (QED) is 0.609. The van der Waals surface area contributed by atoms with Crippen molar-refractivity contribution in [2.75, 3.05) is 6.61 Å². The summed E-state index contributed by atoms with van der Waals surface area (Å²) in [5, 5.41) is 0. The first-order valence-electron chi connectivity index (χ1n) is 11.8. The molecule has 0 bridgehead atoms. The van der Waals surface area contributed by atoms with Gasteiger partial charge < -0.3 is 9.47 Å². The van der Waals surface area contributed by atoms with Crippen molar-refractivity contribution in [2.24, 2.45) is 34.5 Å². The minimum absolute atomic E-state index is 0.0352. The SMILES string of the molecule is CC12CCOC(=O)CC1CCC1C2CCC2(C)C(OCc3ccccc3)CCC12. The Bertz CT molecular complexity index is 746. The zero-order valence-electron chi connectivity index (χ0n) is 18.1. The number of esters is 1. The topological polar surface area (TPSA) is 35.5 Å². The van der Waals surface area contributed by atoms with Gasteiger partial charge in [-0.15, -0.1) is 0 Å². The lowest BCUT2D eigenvalue weighted by molar-refractivity contribution is -0.144. The van der Waals surface area contributed by atoms with Gasteiger partial charge in [0.05, 0.1) is 19.3 Å². The molecule has 1 aromatic rings. The molecular formula is C26H36O3. The van der Waals surface area contributed by atoms with Crippen molar-refractivity contribution in [3.05, 3.63) is 35.9 Å². The molecule has 1 heterocycles. The highest BCUT2D eigenvalue weighted by atomic mass is 16.5. The van der Waals surface area contributed by atoms with E-state index in [1.54, 1.807) is 0 Å². The Hall–Kier alpha value is -1.35. The van der Waals surface area contributed by atoms with Gasteiger partial charge in [0.15, 0.2) is 0 Å². The highest BCUT2D eigenvalue weighted by Gasteiger charge is 2.60. The monoisotopic (exact) mass is 396 g/mol. The summed E-state index contributed by atoms with van der Waals surface area (Å²) in [7, 11) is 0. The Morgan fingerprint density at radius 2 is 1.76 bits per heavy atom. The molecule has 3 heteroatoms. The summed E-state index contributed by atoms with van der Waals surface area (Å²) >= 11 is 0. The molecule has 1 aromatic carbocycles. The van der Waals surface area contributed by atoms with Crippen LogP contribution in [0.5, 0.6) is 0 Å². The average molecular weight is 397 g/mol. The van der Waals surface area contributed by atoms with Crippen LogP contribution in [0.1, 0.15) is 70.8 Å². The number of carbonyl (C=O) groups is 1. The lowest BCUT2D eigenvalue weighted by Crippen LogP contribution is -2.52. The van der Waals surface area contributed by atoms with Crippen molar-refractivity contribution in [1.29, 1.82) is 0 Å². The predicted molar refractivity (Wildman–Crippen MR) is 113 cm³/mol. The van der Waals surface area contributed by atoms with Gasteiger partial charge in [-0.25, -0.2) is 0 Å². The number of carbonyl (C=O) groups excluding carboxylic acids is 1. The minimum Gasteiger partial charge on any atom is -0.466 e. The van der Waals surface area contributed by atoms with Gasteiger partial charge in [0, 0.05) is 6.42 Å². The molecule has 7 unspecified atom stereocenters. The maximum absolute atomic E-state index is 12.1. The Morgan fingerprint density at radius 3 is 2.59 bits per heavy atom. The minimum atomic E-state index is 0.0352. The molecule has 0 amide bonds. The molecule has 7 atom stereocenters. The molecule has 29 heavy (non-hydrogen) atoms. The highest BCUT2D eigenvalue weighted by molar-refractivity contribution is 5.70. The molecule has 0 aromatic heterocycles. The van der Waals surface area contributed by atoms with E-state index >= 15 is 0 Å². The lowest BCUT2D eigenvalue weighted by atomic mass is 9.47. The van der Waals surface area contributed by atoms with E-state index in [9.17, 15) is 4.79 Å². The first-order chi connectivity index (χ1) is 14.0. The summed E-state index contributed by atoms with van der Waals surface area (Å²) < 4.78 is 12.0. The average Bonchev–Trinajstić information content (AvgIpc) is 2.97. The normalized spacial score (nSPS) is 44.2. The molecule has 3 aliphatic carbocycles. The number of cyclic esters (lactones) is 1. The van der Waals surface area contributed by atoms with E-state index in [-0.39, 0.29) is 11.4 Å². The van der Waals surface area contributed by atoms with Crippen LogP contribution in [-0.4, -0.2) is 18.7 Å². The maximum Gasteiger partial charge on any atom is 0.306 e. The van der Waals surface area contributed by atoms with Gasteiger partial charge >= 0.3 is 5.97 Å². The van der Waals surface area contributed by atoms with Crippen LogP contribution in [0.4, 0.5) is 0 Å². The molecule has 5 rings (SSSR count). The van der Waals surface area contributed by atoms with Crippen LogP contribution in [0.15, 0.2) is 30.3 Å². The van der Waals surface area contributed by atoms with E-state index in [1.165, 1.54) is 44.1 Å². The van der Waals surface area contributed by atoms with E-state index in [0.717, 1.165) is 30.8 Å². The summed E-state index contributed by atoms with van der Waals surface area (Å²) in [4.78, 5) is 12.1. The van der Waals surface area contributed by atoms with Crippen molar-refractivity contribution >= 4 is 5.97 Å². The maximum atomic E-state index is 12.1. The van der Waals surface area contributed by atoms with E-state index in [1.807, 2.05) is 0 Å². The van der Waals surface area contributed by atoms with Crippen LogP contribution in [-0.2, 0) is 20.9 Å². The second-order valence-electron chi connectivity index (χ2n) is 10.7. The van der Waals surface area contributed by atoms with Gasteiger partial charge in [-0.3, -0.25) is 4.79 Å². The molecule has 0 spiro atoms. The predicted octanol–water partition coefficient (Wildman–Crippen LogP) is 5.77. The highest BCUT2D eigenvalue weighted by Crippen LogP contribution is 2.65. The molecule has 158 valence electrons. The van der Waals surface area contributed by atoms with Crippen LogP contribution in [0.2, 0.25) is 0 Å². The number of hydrogen-bond donors (Lipinski definition) is 0. The molecule has 3 saturated carbocycles. The fourth-order valence-electron chi connectivity index (χ4n) is 7.90. The third-order valence-electron chi connectivity index (χ3n) is 9.59. The second kappa shape index (κ2) is 7.41. The molecule has 4 fully saturated rings. The molecule has 0 radical (unpaired) electrons. The van der Waals surface area contributed by atoms with Crippen LogP contribution in [0.25, 0.3) is 0 Å². The van der Waals surface area contributed by atoms with Crippen LogP contribution in [0, 0.1) is 34.5 Å². The molecule has 1 saturated heterocycles. The second-order valence-corrected chi connectivity index (χ2v) is 10.7. The van der Waals surface area contributed by atoms with Crippen molar-refractivity contribution in [3.63, 3.8) is 0 Å². The Kier molecular flexibility index (Phi) is 5.01. The Balaban J connectivity index is 1.32. The molecule has 0 N–H and O–H groups in total. The standard InChI is InChI=1S/C26H36O3/c1-25-14-15-28-24(27)16-19(25)8-9-20-21-10-11-23(26(21,2)13-12-22(20)25)29-17-18-6-4-3-5-7-18/h3-7,19-23H,8-17H2,1-2H3. The first kappa shape index (κ1) is 19.6. The van der Waals surface area contributed by atoms with Gasteiger partial charge in [-0.2, -0.15) is 0 Å². The van der Waals surface area contributed by atoms with Crippen molar-refractivity contribution in [2.45, 2.75) is 77.9 Å². The molecule has 1 aliphatic heterocycles. The van der Waals surface area contributed by atoms with Crippen LogP contribution < -0.4 is 0 Å². The van der Waals surface area contributed by atoms with Crippen molar-refractivity contribution in [3.8, 4) is 0 Å². The summed E-state index contributed by atoms with van der Waals surface area (Å²) in [6.07, 6.45) is 9.68. The lowest BCUT2D eigenvalue weighted by Gasteiger charge is -2.58.